The highest BCUT2D eigenvalue weighted by Crippen LogP contribution is 2.21. The SMILES string of the molecule is CC(=O)OCc1ccc(S(=O)(=O)N[C@@H](Cc2ccccc2)[C@H](O)CN(CC(C)C)S(=O)(=O)c2ccc(C=NO)cc2)cc1. The van der Waals surface area contributed by atoms with E-state index in [1.807, 2.05) is 19.9 Å². The number of rotatable bonds is 15. The van der Waals surface area contributed by atoms with Crippen molar-refractivity contribution in [3.63, 3.8) is 0 Å². The summed E-state index contributed by atoms with van der Waals surface area (Å²) in [7, 11) is -8.24. The van der Waals surface area contributed by atoms with E-state index in [1.165, 1.54) is 61.7 Å². The van der Waals surface area contributed by atoms with E-state index in [1.54, 1.807) is 24.3 Å². The third kappa shape index (κ3) is 9.97. The molecule has 3 rings (SSSR count). The number of nitrogens with zero attached hydrogens (tertiary/aromatic N) is 2. The maximum Gasteiger partial charge on any atom is 0.302 e. The second kappa shape index (κ2) is 15.2. The van der Waals surface area contributed by atoms with Gasteiger partial charge >= 0.3 is 5.97 Å². The number of benzene rings is 3. The number of nitrogens with one attached hydrogen (secondary N) is 1. The summed E-state index contributed by atoms with van der Waals surface area (Å²) in [6.07, 6.45) is -0.163. The van der Waals surface area contributed by atoms with Crippen molar-refractivity contribution in [2.45, 2.75) is 55.7 Å². The molecule has 2 atom stereocenters. The first-order chi connectivity index (χ1) is 20.3. The molecule has 0 heterocycles. The molecule has 43 heavy (non-hydrogen) atoms. The lowest BCUT2D eigenvalue weighted by Crippen LogP contribution is -2.51. The van der Waals surface area contributed by atoms with Gasteiger partial charge < -0.3 is 15.1 Å². The monoisotopic (exact) mass is 631 g/mol. The van der Waals surface area contributed by atoms with Gasteiger partial charge in [0.05, 0.1) is 28.2 Å². The van der Waals surface area contributed by atoms with Crippen LogP contribution in [-0.4, -0.2) is 68.9 Å². The Balaban J connectivity index is 1.90. The van der Waals surface area contributed by atoms with Crippen molar-refractivity contribution in [2.75, 3.05) is 13.1 Å². The van der Waals surface area contributed by atoms with Crippen molar-refractivity contribution in [3.05, 3.63) is 95.6 Å². The Morgan fingerprint density at radius 2 is 1.51 bits per heavy atom. The van der Waals surface area contributed by atoms with Crippen molar-refractivity contribution >= 4 is 32.2 Å². The molecule has 0 amide bonds. The van der Waals surface area contributed by atoms with Gasteiger partial charge in [-0.05, 0) is 53.3 Å². The van der Waals surface area contributed by atoms with Gasteiger partial charge in [0.15, 0.2) is 0 Å². The minimum atomic E-state index is -4.15. The summed E-state index contributed by atoms with van der Waals surface area (Å²) < 4.78 is 62.8. The minimum absolute atomic E-state index is 0.00362. The molecule has 0 saturated carbocycles. The standard InChI is InChI=1S/C30H37N3O8S2/c1-22(2)19-33(43(39,40)28-15-9-25(10-16-28)18-31-36)20-30(35)29(17-24-7-5-4-6-8-24)32-42(37,38)27-13-11-26(12-14-27)21-41-23(3)34/h4-16,18,22,29-30,32,35-36H,17,19-21H2,1-3H3/t29-,30+/m0/s1. The van der Waals surface area contributed by atoms with Crippen LogP contribution in [0, 0.1) is 5.92 Å². The van der Waals surface area contributed by atoms with Crippen LogP contribution in [-0.2, 0) is 42.6 Å². The van der Waals surface area contributed by atoms with Crippen molar-refractivity contribution < 1.29 is 36.7 Å². The third-order valence-electron chi connectivity index (χ3n) is 6.43. The Kier molecular flexibility index (Phi) is 12.0. The number of carbonyl (C=O) groups is 1. The van der Waals surface area contributed by atoms with Crippen molar-refractivity contribution in [1.82, 2.24) is 9.03 Å². The Morgan fingerprint density at radius 3 is 2.07 bits per heavy atom. The number of hydrogen-bond acceptors (Lipinski definition) is 9. The average Bonchev–Trinajstić information content (AvgIpc) is 2.96. The zero-order valence-electron chi connectivity index (χ0n) is 24.2. The number of aliphatic hydroxyl groups is 1. The summed E-state index contributed by atoms with van der Waals surface area (Å²) >= 11 is 0. The van der Waals surface area contributed by atoms with Crippen LogP contribution in [0.25, 0.3) is 0 Å². The summed E-state index contributed by atoms with van der Waals surface area (Å²) in [4.78, 5) is 11.0. The van der Waals surface area contributed by atoms with E-state index in [0.29, 0.717) is 11.1 Å². The van der Waals surface area contributed by atoms with Crippen molar-refractivity contribution in [2.24, 2.45) is 11.1 Å². The molecule has 11 nitrogen and oxygen atoms in total. The molecule has 0 unspecified atom stereocenters. The van der Waals surface area contributed by atoms with Gasteiger partial charge in [0.2, 0.25) is 20.0 Å². The fraction of sp³-hybridized carbons (Fsp3) is 0.333. The second-order valence-electron chi connectivity index (χ2n) is 10.4. The van der Waals surface area contributed by atoms with Crippen LogP contribution in [0.5, 0.6) is 0 Å². The molecule has 0 aliphatic rings. The van der Waals surface area contributed by atoms with Crippen LogP contribution in [0.4, 0.5) is 0 Å². The molecule has 0 aromatic heterocycles. The molecule has 3 aromatic rings. The van der Waals surface area contributed by atoms with Gasteiger partial charge in [-0.2, -0.15) is 4.31 Å². The fourth-order valence-corrected chi connectivity index (χ4v) is 7.19. The van der Waals surface area contributed by atoms with E-state index in [0.717, 1.165) is 9.87 Å². The van der Waals surface area contributed by atoms with Crippen molar-refractivity contribution in [1.29, 1.82) is 0 Å². The first kappa shape index (κ1) is 33.9. The molecular formula is C30H37N3O8S2. The molecule has 0 bridgehead atoms. The predicted octanol–water partition coefficient (Wildman–Crippen LogP) is 3.16. The highest BCUT2D eigenvalue weighted by atomic mass is 32.2. The van der Waals surface area contributed by atoms with Gasteiger partial charge in [0.1, 0.15) is 6.61 Å². The molecule has 0 spiro atoms. The van der Waals surface area contributed by atoms with E-state index >= 15 is 0 Å². The van der Waals surface area contributed by atoms with Crippen LogP contribution in [0.2, 0.25) is 0 Å². The predicted molar refractivity (Wildman–Crippen MR) is 162 cm³/mol. The minimum Gasteiger partial charge on any atom is -0.461 e. The van der Waals surface area contributed by atoms with Gasteiger partial charge in [0, 0.05) is 20.0 Å². The van der Waals surface area contributed by atoms with Crippen LogP contribution in [0.15, 0.2) is 93.8 Å². The van der Waals surface area contributed by atoms with Crippen LogP contribution < -0.4 is 4.72 Å². The zero-order valence-corrected chi connectivity index (χ0v) is 25.8. The van der Waals surface area contributed by atoms with Crippen molar-refractivity contribution in [3.8, 4) is 0 Å². The Bertz CT molecular complexity index is 1580. The largest absolute Gasteiger partial charge is 0.461 e. The number of carbonyl (C=O) groups excluding carboxylic acids is 1. The molecule has 0 fully saturated rings. The molecule has 13 heteroatoms. The smallest absolute Gasteiger partial charge is 0.302 e. The number of esters is 1. The number of sulfonamides is 2. The summed E-state index contributed by atoms with van der Waals surface area (Å²) in [6, 6.07) is 19.4. The van der Waals surface area contributed by atoms with Gasteiger partial charge in [-0.25, -0.2) is 21.6 Å². The lowest BCUT2D eigenvalue weighted by atomic mass is 10.0. The molecule has 0 saturated heterocycles. The number of hydrogen-bond donors (Lipinski definition) is 3. The van der Waals surface area contributed by atoms with E-state index in [2.05, 4.69) is 9.88 Å². The first-order valence-corrected chi connectivity index (χ1v) is 16.5. The average molecular weight is 632 g/mol. The number of ether oxygens (including phenoxy) is 1. The maximum absolute atomic E-state index is 13.6. The molecule has 0 radical (unpaired) electrons. The lowest BCUT2D eigenvalue weighted by Gasteiger charge is -2.30. The van der Waals surface area contributed by atoms with Gasteiger partial charge in [-0.1, -0.05) is 73.6 Å². The second-order valence-corrected chi connectivity index (χ2v) is 14.1. The fourth-order valence-electron chi connectivity index (χ4n) is 4.30. The first-order valence-electron chi connectivity index (χ1n) is 13.6. The zero-order chi connectivity index (χ0) is 31.6. The van der Waals surface area contributed by atoms with Gasteiger partial charge in [-0.3, -0.25) is 4.79 Å². The van der Waals surface area contributed by atoms with Crippen LogP contribution in [0.3, 0.4) is 0 Å². The van der Waals surface area contributed by atoms with E-state index in [4.69, 9.17) is 9.94 Å². The summed E-state index contributed by atoms with van der Waals surface area (Å²) in [5, 5.41) is 23.1. The lowest BCUT2D eigenvalue weighted by molar-refractivity contribution is -0.142. The Labute approximate surface area is 252 Å². The quantitative estimate of drug-likeness (QED) is 0.0997. The number of oxime groups is 1. The summed E-state index contributed by atoms with van der Waals surface area (Å²) in [5.74, 6) is -0.560. The van der Waals surface area contributed by atoms with E-state index in [-0.39, 0.29) is 41.8 Å². The third-order valence-corrected chi connectivity index (χ3v) is 9.78. The molecule has 3 aromatic carbocycles. The molecule has 3 N–H and O–H groups in total. The maximum atomic E-state index is 13.6. The normalized spacial score (nSPS) is 13.8. The van der Waals surface area contributed by atoms with Gasteiger partial charge in [0.25, 0.3) is 0 Å². The highest BCUT2D eigenvalue weighted by Gasteiger charge is 2.33. The molecular weight excluding hydrogens is 594 g/mol. The topological polar surface area (TPSA) is 163 Å². The highest BCUT2D eigenvalue weighted by molar-refractivity contribution is 7.89. The molecule has 232 valence electrons. The molecule has 0 aliphatic carbocycles. The summed E-state index contributed by atoms with van der Waals surface area (Å²) in [5.41, 5.74) is 1.83. The van der Waals surface area contributed by atoms with Crippen LogP contribution >= 0.6 is 0 Å². The Morgan fingerprint density at radius 1 is 0.907 bits per heavy atom. The number of aliphatic hydroxyl groups excluding tert-OH is 1. The van der Waals surface area contributed by atoms with E-state index in [9.17, 15) is 26.7 Å². The van der Waals surface area contributed by atoms with E-state index < -0.39 is 38.2 Å². The van der Waals surface area contributed by atoms with Gasteiger partial charge in [-0.15, -0.1) is 0 Å². The molecule has 0 aliphatic heterocycles. The van der Waals surface area contributed by atoms with Crippen LogP contribution in [0.1, 0.15) is 37.5 Å². The summed E-state index contributed by atoms with van der Waals surface area (Å²) in [6.45, 7) is 4.65. The Hall–Kier alpha value is -3.62.